The van der Waals surface area contributed by atoms with E-state index in [-0.39, 0.29) is 44.4 Å². The maximum absolute atomic E-state index is 13.7. The van der Waals surface area contributed by atoms with E-state index in [0.717, 1.165) is 9.87 Å². The highest BCUT2D eigenvalue weighted by molar-refractivity contribution is 7.92. The Kier molecular flexibility index (Phi) is 9.18. The first-order chi connectivity index (χ1) is 17.5. The standard InChI is InChI=1S/C27H30ClN3O5S/c1-18(2)16-29-27(33)22-7-5-6-8-23(22)30-26(32)17-31(24-15-20(28)11-14-25(24)36-4)37(34,35)21-12-9-19(3)10-13-21/h5-15,18H,16-17H2,1-4H3,(H,29,33)(H,30,32). The lowest BCUT2D eigenvalue weighted by Gasteiger charge is -2.26. The first kappa shape index (κ1) is 28.0. The number of benzene rings is 3. The van der Waals surface area contributed by atoms with E-state index in [1.54, 1.807) is 42.5 Å². The Labute approximate surface area is 222 Å². The number of carbonyl (C=O) groups excluding carboxylic acids is 2. The number of halogens is 1. The lowest BCUT2D eigenvalue weighted by Crippen LogP contribution is -2.38. The summed E-state index contributed by atoms with van der Waals surface area (Å²) in [5.41, 5.74) is 1.52. The largest absolute Gasteiger partial charge is 0.495 e. The van der Waals surface area contributed by atoms with Crippen LogP contribution in [0.1, 0.15) is 29.8 Å². The molecule has 196 valence electrons. The number of hydrogen-bond acceptors (Lipinski definition) is 5. The van der Waals surface area contributed by atoms with Gasteiger partial charge >= 0.3 is 0 Å². The molecule has 0 saturated carbocycles. The topological polar surface area (TPSA) is 105 Å². The predicted octanol–water partition coefficient (Wildman–Crippen LogP) is 4.88. The van der Waals surface area contributed by atoms with E-state index in [1.807, 2.05) is 20.8 Å². The number of methoxy groups -OCH3 is 1. The molecule has 0 aromatic heterocycles. The highest BCUT2D eigenvalue weighted by Crippen LogP contribution is 2.35. The van der Waals surface area contributed by atoms with Crippen LogP contribution in [-0.4, -0.2) is 40.4 Å². The molecule has 0 saturated heterocycles. The number of amides is 2. The summed E-state index contributed by atoms with van der Waals surface area (Å²) >= 11 is 6.19. The fourth-order valence-electron chi connectivity index (χ4n) is 3.50. The second-order valence-electron chi connectivity index (χ2n) is 8.84. The summed E-state index contributed by atoms with van der Waals surface area (Å²) < 4.78 is 33.8. The first-order valence-electron chi connectivity index (χ1n) is 11.6. The fraction of sp³-hybridized carbons (Fsp3) is 0.259. The summed E-state index contributed by atoms with van der Waals surface area (Å²) in [6, 6.07) is 17.3. The summed E-state index contributed by atoms with van der Waals surface area (Å²) in [5, 5.41) is 5.78. The van der Waals surface area contributed by atoms with Crippen LogP contribution in [0.4, 0.5) is 11.4 Å². The normalized spacial score (nSPS) is 11.2. The number of nitrogens with zero attached hydrogens (tertiary/aromatic N) is 1. The highest BCUT2D eigenvalue weighted by atomic mass is 35.5. The molecule has 3 aromatic carbocycles. The van der Waals surface area contributed by atoms with Gasteiger partial charge < -0.3 is 15.4 Å². The lowest BCUT2D eigenvalue weighted by molar-refractivity contribution is -0.114. The van der Waals surface area contributed by atoms with Crippen molar-refractivity contribution in [2.45, 2.75) is 25.7 Å². The molecular weight excluding hydrogens is 514 g/mol. The number of anilines is 2. The van der Waals surface area contributed by atoms with Gasteiger partial charge in [-0.2, -0.15) is 0 Å². The van der Waals surface area contributed by atoms with E-state index >= 15 is 0 Å². The van der Waals surface area contributed by atoms with Gasteiger partial charge in [-0.05, 0) is 55.3 Å². The van der Waals surface area contributed by atoms with Gasteiger partial charge in [0.15, 0.2) is 0 Å². The Morgan fingerprint density at radius 3 is 2.35 bits per heavy atom. The Balaban J connectivity index is 1.97. The molecule has 0 bridgehead atoms. The van der Waals surface area contributed by atoms with Crippen molar-refractivity contribution in [3.63, 3.8) is 0 Å². The van der Waals surface area contributed by atoms with E-state index < -0.39 is 22.5 Å². The third-order valence-electron chi connectivity index (χ3n) is 5.42. The molecule has 8 nitrogen and oxygen atoms in total. The molecular formula is C27H30ClN3O5S. The van der Waals surface area contributed by atoms with Crippen LogP contribution >= 0.6 is 11.6 Å². The molecule has 0 aliphatic carbocycles. The van der Waals surface area contributed by atoms with Crippen LogP contribution < -0.4 is 19.7 Å². The second-order valence-corrected chi connectivity index (χ2v) is 11.1. The minimum atomic E-state index is -4.20. The predicted molar refractivity (Wildman–Crippen MR) is 146 cm³/mol. The molecule has 0 unspecified atom stereocenters. The van der Waals surface area contributed by atoms with Crippen molar-refractivity contribution in [2.24, 2.45) is 5.92 Å². The van der Waals surface area contributed by atoms with Gasteiger partial charge in [-0.25, -0.2) is 8.42 Å². The summed E-state index contributed by atoms with van der Waals surface area (Å²) in [4.78, 5) is 25.9. The molecule has 0 spiro atoms. The van der Waals surface area contributed by atoms with Crippen molar-refractivity contribution in [1.82, 2.24) is 5.32 Å². The number of aryl methyl sites for hydroxylation is 1. The Morgan fingerprint density at radius 1 is 1.03 bits per heavy atom. The summed E-state index contributed by atoms with van der Waals surface area (Å²) in [7, 11) is -2.80. The average Bonchev–Trinajstić information content (AvgIpc) is 2.86. The molecule has 0 fully saturated rings. The highest BCUT2D eigenvalue weighted by Gasteiger charge is 2.30. The third-order valence-corrected chi connectivity index (χ3v) is 7.43. The van der Waals surface area contributed by atoms with Gasteiger partial charge in [0.05, 0.1) is 28.9 Å². The minimum absolute atomic E-state index is 0.00129. The van der Waals surface area contributed by atoms with Gasteiger partial charge in [-0.15, -0.1) is 0 Å². The van der Waals surface area contributed by atoms with Crippen LogP contribution in [0, 0.1) is 12.8 Å². The quantitative estimate of drug-likeness (QED) is 0.379. The number of nitrogens with one attached hydrogen (secondary N) is 2. The molecule has 0 radical (unpaired) electrons. The van der Waals surface area contributed by atoms with Crippen LogP contribution in [0.2, 0.25) is 5.02 Å². The number of para-hydroxylation sites is 1. The van der Waals surface area contributed by atoms with E-state index in [2.05, 4.69) is 10.6 Å². The number of ether oxygens (including phenoxy) is 1. The zero-order valence-corrected chi connectivity index (χ0v) is 22.7. The van der Waals surface area contributed by atoms with Crippen LogP contribution in [0.3, 0.4) is 0 Å². The molecule has 0 aliphatic heterocycles. The summed E-state index contributed by atoms with van der Waals surface area (Å²) in [5.74, 6) is -0.521. The van der Waals surface area contributed by atoms with Crippen LogP contribution in [0.15, 0.2) is 71.6 Å². The van der Waals surface area contributed by atoms with Crippen LogP contribution in [0.5, 0.6) is 5.75 Å². The van der Waals surface area contributed by atoms with E-state index in [4.69, 9.17) is 16.3 Å². The number of carbonyl (C=O) groups is 2. The third kappa shape index (κ3) is 7.02. The number of hydrogen-bond donors (Lipinski definition) is 2. The maximum atomic E-state index is 13.7. The molecule has 10 heteroatoms. The van der Waals surface area contributed by atoms with Gasteiger partial charge in [-0.1, -0.05) is 55.3 Å². The SMILES string of the molecule is COc1ccc(Cl)cc1N(CC(=O)Nc1ccccc1C(=O)NCC(C)C)S(=O)(=O)c1ccc(C)cc1. The lowest BCUT2D eigenvalue weighted by atomic mass is 10.1. The molecule has 3 rings (SSSR count). The van der Waals surface area contributed by atoms with Gasteiger partial charge in [0.2, 0.25) is 5.91 Å². The number of rotatable bonds is 10. The monoisotopic (exact) mass is 543 g/mol. The van der Waals surface area contributed by atoms with Gasteiger partial charge in [0.25, 0.3) is 15.9 Å². The van der Waals surface area contributed by atoms with Crippen LogP contribution in [0.25, 0.3) is 0 Å². The van der Waals surface area contributed by atoms with Crippen molar-refractivity contribution in [3.8, 4) is 5.75 Å². The van der Waals surface area contributed by atoms with E-state index in [1.165, 1.54) is 31.4 Å². The van der Waals surface area contributed by atoms with Gasteiger partial charge in [0.1, 0.15) is 12.3 Å². The Bertz CT molecular complexity index is 1380. The van der Waals surface area contributed by atoms with Crippen LogP contribution in [-0.2, 0) is 14.8 Å². The molecule has 37 heavy (non-hydrogen) atoms. The van der Waals surface area contributed by atoms with E-state index in [9.17, 15) is 18.0 Å². The molecule has 3 aromatic rings. The fourth-order valence-corrected chi connectivity index (χ4v) is 5.09. The van der Waals surface area contributed by atoms with Crippen molar-refractivity contribution in [3.05, 3.63) is 82.9 Å². The van der Waals surface area contributed by atoms with Crippen molar-refractivity contribution >= 4 is 44.8 Å². The number of sulfonamides is 1. The Morgan fingerprint density at radius 2 is 1.70 bits per heavy atom. The smallest absolute Gasteiger partial charge is 0.264 e. The Hall–Kier alpha value is -3.56. The second kappa shape index (κ2) is 12.1. The molecule has 2 N–H and O–H groups in total. The molecule has 0 atom stereocenters. The molecule has 0 heterocycles. The molecule has 0 aliphatic rings. The minimum Gasteiger partial charge on any atom is -0.495 e. The van der Waals surface area contributed by atoms with Gasteiger partial charge in [0, 0.05) is 11.6 Å². The average molecular weight is 544 g/mol. The van der Waals surface area contributed by atoms with E-state index in [0.29, 0.717) is 6.54 Å². The van der Waals surface area contributed by atoms with Crippen molar-refractivity contribution < 1.29 is 22.7 Å². The van der Waals surface area contributed by atoms with Crippen molar-refractivity contribution in [2.75, 3.05) is 29.8 Å². The van der Waals surface area contributed by atoms with Crippen molar-refractivity contribution in [1.29, 1.82) is 0 Å². The maximum Gasteiger partial charge on any atom is 0.264 e. The summed E-state index contributed by atoms with van der Waals surface area (Å²) in [6.45, 7) is 5.67. The zero-order chi connectivity index (χ0) is 27.2. The summed E-state index contributed by atoms with van der Waals surface area (Å²) in [6.07, 6.45) is 0. The van der Waals surface area contributed by atoms with Gasteiger partial charge in [-0.3, -0.25) is 13.9 Å². The first-order valence-corrected chi connectivity index (χ1v) is 13.4. The molecule has 2 amide bonds. The zero-order valence-electron chi connectivity index (χ0n) is 21.1.